The Balaban J connectivity index is 2.36. The van der Waals surface area contributed by atoms with Crippen LogP contribution in [0.5, 0.6) is 0 Å². The minimum atomic E-state index is -1.48. The molecule has 1 aliphatic rings. The van der Waals surface area contributed by atoms with Gasteiger partial charge in [-0.3, -0.25) is 0 Å². The maximum absolute atomic E-state index is 9.77. The van der Waals surface area contributed by atoms with Gasteiger partial charge < -0.3 is 39.4 Å². The number of ether oxygens (including phenoxy) is 4. The smallest absolute Gasteiger partial charge is 0.189 e. The molecular formula is C13H22O8. The zero-order chi connectivity index (χ0) is 15.8. The Bertz CT molecular complexity index is 329. The van der Waals surface area contributed by atoms with Crippen LogP contribution in [-0.2, 0) is 18.9 Å². The average molecular weight is 306 g/mol. The van der Waals surface area contributed by atoms with E-state index in [0.29, 0.717) is 0 Å². The molecular weight excluding hydrogens is 284 g/mol. The van der Waals surface area contributed by atoms with E-state index in [9.17, 15) is 15.3 Å². The highest BCUT2D eigenvalue weighted by molar-refractivity contribution is 4.88. The second kappa shape index (κ2) is 9.30. The molecule has 0 aromatic carbocycles. The fourth-order valence-corrected chi connectivity index (χ4v) is 1.81. The van der Waals surface area contributed by atoms with E-state index in [-0.39, 0.29) is 19.8 Å². The van der Waals surface area contributed by atoms with Gasteiger partial charge in [0.1, 0.15) is 31.0 Å². The molecule has 122 valence electrons. The van der Waals surface area contributed by atoms with E-state index in [1.807, 2.05) is 0 Å². The molecule has 8 nitrogen and oxygen atoms in total. The Morgan fingerprint density at radius 3 is 2.52 bits per heavy atom. The molecule has 21 heavy (non-hydrogen) atoms. The number of hydrogen-bond acceptors (Lipinski definition) is 8. The van der Waals surface area contributed by atoms with E-state index < -0.39 is 43.6 Å². The maximum atomic E-state index is 9.77. The van der Waals surface area contributed by atoms with Crippen LogP contribution < -0.4 is 0 Å². The van der Waals surface area contributed by atoms with Gasteiger partial charge in [-0.1, -0.05) is 5.92 Å². The van der Waals surface area contributed by atoms with Gasteiger partial charge in [-0.05, 0) is 6.92 Å². The molecule has 1 fully saturated rings. The lowest BCUT2D eigenvalue weighted by atomic mass is 9.99. The molecule has 0 aromatic rings. The zero-order valence-electron chi connectivity index (χ0n) is 11.8. The summed E-state index contributed by atoms with van der Waals surface area (Å²) in [5.41, 5.74) is 0. The van der Waals surface area contributed by atoms with Gasteiger partial charge in [-0.15, -0.1) is 6.42 Å². The standard InChI is InChI=1S/C13H22O8/c1-3-4-18-5-6-19-8(2)20-13-12(17)11(16)10(15)9(7-14)21-13/h1,8-17H,4-7H2,2H3/t8?,9-,10-,11+,12+,13+/m1/s1. The quantitative estimate of drug-likeness (QED) is 0.227. The molecule has 1 heterocycles. The van der Waals surface area contributed by atoms with Crippen molar-refractivity contribution in [1.82, 2.24) is 0 Å². The molecule has 8 heteroatoms. The summed E-state index contributed by atoms with van der Waals surface area (Å²) in [6, 6.07) is 0. The van der Waals surface area contributed by atoms with Crippen LogP contribution in [0.1, 0.15) is 6.92 Å². The molecule has 0 radical (unpaired) electrons. The van der Waals surface area contributed by atoms with Crippen LogP contribution in [0.4, 0.5) is 0 Å². The van der Waals surface area contributed by atoms with Gasteiger partial charge in [0.15, 0.2) is 12.6 Å². The van der Waals surface area contributed by atoms with Gasteiger partial charge in [-0.2, -0.15) is 0 Å². The topological polar surface area (TPSA) is 118 Å². The Morgan fingerprint density at radius 1 is 1.19 bits per heavy atom. The molecule has 0 saturated carbocycles. The lowest BCUT2D eigenvalue weighted by Gasteiger charge is -2.40. The first-order valence-corrected chi connectivity index (χ1v) is 6.60. The Hall–Kier alpha value is -0.760. The Morgan fingerprint density at radius 2 is 1.90 bits per heavy atom. The van der Waals surface area contributed by atoms with Crippen LogP contribution >= 0.6 is 0 Å². The molecule has 1 aliphatic heterocycles. The van der Waals surface area contributed by atoms with Crippen molar-refractivity contribution in [1.29, 1.82) is 0 Å². The minimum absolute atomic E-state index is 0.186. The zero-order valence-corrected chi connectivity index (χ0v) is 11.8. The predicted molar refractivity (Wildman–Crippen MR) is 69.9 cm³/mol. The van der Waals surface area contributed by atoms with Gasteiger partial charge in [0.2, 0.25) is 0 Å². The molecule has 1 rings (SSSR count). The summed E-state index contributed by atoms with van der Waals surface area (Å²) >= 11 is 0. The molecule has 6 atom stereocenters. The van der Waals surface area contributed by atoms with Crippen molar-refractivity contribution in [2.24, 2.45) is 0 Å². The van der Waals surface area contributed by atoms with Crippen molar-refractivity contribution in [3.05, 3.63) is 0 Å². The SMILES string of the molecule is C#CCOCCOC(C)O[C@H]1O[C@H](CO)[C@@H](O)[C@H](O)[C@@H]1O. The molecule has 1 saturated heterocycles. The summed E-state index contributed by atoms with van der Waals surface area (Å²) in [7, 11) is 0. The van der Waals surface area contributed by atoms with E-state index in [0.717, 1.165) is 0 Å². The molecule has 0 bridgehead atoms. The van der Waals surface area contributed by atoms with Gasteiger partial charge >= 0.3 is 0 Å². The highest BCUT2D eigenvalue weighted by atomic mass is 16.8. The predicted octanol–water partition coefficient (Wildman–Crippen LogP) is -2.18. The maximum Gasteiger partial charge on any atom is 0.189 e. The summed E-state index contributed by atoms with van der Waals surface area (Å²) in [5.74, 6) is 2.31. The van der Waals surface area contributed by atoms with Gasteiger partial charge in [0.25, 0.3) is 0 Å². The third-order valence-electron chi connectivity index (χ3n) is 2.94. The average Bonchev–Trinajstić information content (AvgIpc) is 2.47. The van der Waals surface area contributed by atoms with Crippen molar-refractivity contribution < 1.29 is 39.4 Å². The number of aliphatic hydroxyl groups is 4. The second-order valence-electron chi connectivity index (χ2n) is 4.53. The number of rotatable bonds is 8. The van der Waals surface area contributed by atoms with Crippen LogP contribution in [-0.4, -0.2) is 83.8 Å². The molecule has 0 amide bonds. The molecule has 4 N–H and O–H groups in total. The molecule has 0 aromatic heterocycles. The summed E-state index contributed by atoms with van der Waals surface area (Å²) in [5, 5.41) is 38.0. The second-order valence-corrected chi connectivity index (χ2v) is 4.53. The van der Waals surface area contributed by atoms with Gasteiger partial charge in [0.05, 0.1) is 19.8 Å². The third-order valence-corrected chi connectivity index (χ3v) is 2.94. The first-order valence-electron chi connectivity index (χ1n) is 6.60. The monoisotopic (exact) mass is 306 g/mol. The highest BCUT2D eigenvalue weighted by Crippen LogP contribution is 2.22. The van der Waals surface area contributed by atoms with E-state index in [1.54, 1.807) is 6.92 Å². The molecule has 0 aliphatic carbocycles. The lowest BCUT2D eigenvalue weighted by Crippen LogP contribution is -2.59. The summed E-state index contributed by atoms with van der Waals surface area (Å²) < 4.78 is 20.7. The van der Waals surface area contributed by atoms with Crippen molar-refractivity contribution in [2.75, 3.05) is 26.4 Å². The number of terminal acetylenes is 1. The van der Waals surface area contributed by atoms with E-state index >= 15 is 0 Å². The van der Waals surface area contributed by atoms with Crippen LogP contribution in [0.15, 0.2) is 0 Å². The highest BCUT2D eigenvalue weighted by Gasteiger charge is 2.44. The number of aliphatic hydroxyl groups excluding tert-OH is 4. The summed E-state index contributed by atoms with van der Waals surface area (Å²) in [4.78, 5) is 0. The van der Waals surface area contributed by atoms with Gasteiger partial charge in [0, 0.05) is 0 Å². The fraction of sp³-hybridized carbons (Fsp3) is 0.846. The van der Waals surface area contributed by atoms with Crippen molar-refractivity contribution in [3.8, 4) is 12.3 Å². The van der Waals surface area contributed by atoms with E-state index in [4.69, 9.17) is 30.5 Å². The number of hydrogen-bond donors (Lipinski definition) is 4. The van der Waals surface area contributed by atoms with Crippen molar-refractivity contribution in [3.63, 3.8) is 0 Å². The lowest BCUT2D eigenvalue weighted by molar-refractivity contribution is -0.334. The third kappa shape index (κ3) is 5.50. The molecule has 0 spiro atoms. The van der Waals surface area contributed by atoms with E-state index in [2.05, 4.69) is 5.92 Å². The van der Waals surface area contributed by atoms with Crippen molar-refractivity contribution >= 4 is 0 Å². The Labute approximate surface area is 123 Å². The van der Waals surface area contributed by atoms with Gasteiger partial charge in [-0.25, -0.2) is 0 Å². The van der Waals surface area contributed by atoms with Crippen LogP contribution in [0.3, 0.4) is 0 Å². The fourth-order valence-electron chi connectivity index (χ4n) is 1.81. The largest absolute Gasteiger partial charge is 0.394 e. The van der Waals surface area contributed by atoms with Crippen LogP contribution in [0, 0.1) is 12.3 Å². The van der Waals surface area contributed by atoms with E-state index in [1.165, 1.54) is 0 Å². The summed E-state index contributed by atoms with van der Waals surface area (Å²) in [6.07, 6.45) is -2.32. The Kier molecular flexibility index (Phi) is 8.10. The first-order chi connectivity index (χ1) is 10.0. The normalized spacial score (nSPS) is 34.4. The molecule has 1 unspecified atom stereocenters. The van der Waals surface area contributed by atoms with Crippen LogP contribution in [0.25, 0.3) is 0 Å². The first kappa shape index (κ1) is 18.3. The minimum Gasteiger partial charge on any atom is -0.394 e. The van der Waals surface area contributed by atoms with Crippen molar-refractivity contribution in [2.45, 2.75) is 43.9 Å². The summed E-state index contributed by atoms with van der Waals surface area (Å²) in [6.45, 7) is 1.75. The van der Waals surface area contributed by atoms with Crippen LogP contribution in [0.2, 0.25) is 0 Å².